The Kier molecular flexibility index (Phi) is 3.33. The van der Waals surface area contributed by atoms with Crippen molar-refractivity contribution in [2.45, 2.75) is 19.4 Å². The highest BCUT2D eigenvalue weighted by Crippen LogP contribution is 2.17. The number of aromatic nitrogens is 3. The second-order valence-corrected chi connectivity index (χ2v) is 3.83. The molecule has 0 saturated carbocycles. The van der Waals surface area contributed by atoms with Crippen molar-refractivity contribution in [1.29, 1.82) is 0 Å². The van der Waals surface area contributed by atoms with Crippen LogP contribution in [0.1, 0.15) is 25.1 Å². The van der Waals surface area contributed by atoms with Crippen molar-refractivity contribution < 1.29 is 13.2 Å². The highest BCUT2D eigenvalue weighted by Gasteiger charge is 2.14. The molecule has 18 heavy (non-hydrogen) atoms. The van der Waals surface area contributed by atoms with Gasteiger partial charge in [-0.3, -0.25) is 0 Å². The molecule has 0 spiro atoms. The molecule has 0 aliphatic carbocycles. The Morgan fingerprint density at radius 2 is 1.89 bits per heavy atom. The van der Waals surface area contributed by atoms with E-state index in [0.29, 0.717) is 12.1 Å². The van der Waals surface area contributed by atoms with Crippen LogP contribution in [0.2, 0.25) is 0 Å². The molecule has 96 valence electrons. The van der Waals surface area contributed by atoms with E-state index in [4.69, 9.17) is 5.73 Å². The van der Waals surface area contributed by atoms with E-state index < -0.39 is 17.5 Å². The standard InChI is InChI=1S/C11H11F3N4/c1-2-9(15)10-5-18(17-16-10)6-3-7(12)11(14)8(13)4-6/h3-5,9H,2,15H2,1H3. The fourth-order valence-electron chi connectivity index (χ4n) is 1.46. The normalized spacial score (nSPS) is 12.7. The quantitative estimate of drug-likeness (QED) is 0.855. The summed E-state index contributed by atoms with van der Waals surface area (Å²) in [6, 6.07) is 1.39. The summed E-state index contributed by atoms with van der Waals surface area (Å²) >= 11 is 0. The van der Waals surface area contributed by atoms with Gasteiger partial charge in [0, 0.05) is 12.1 Å². The molecular formula is C11H11F3N4. The summed E-state index contributed by atoms with van der Waals surface area (Å²) in [5, 5.41) is 7.49. The zero-order valence-corrected chi connectivity index (χ0v) is 9.57. The SMILES string of the molecule is CCC(N)c1cn(-c2cc(F)c(F)c(F)c2)nn1. The van der Waals surface area contributed by atoms with Crippen LogP contribution in [0.5, 0.6) is 0 Å². The van der Waals surface area contributed by atoms with E-state index in [9.17, 15) is 13.2 Å². The molecule has 2 rings (SSSR count). The zero-order valence-electron chi connectivity index (χ0n) is 9.57. The van der Waals surface area contributed by atoms with Gasteiger partial charge in [0.25, 0.3) is 0 Å². The van der Waals surface area contributed by atoms with E-state index in [1.54, 1.807) is 0 Å². The lowest BCUT2D eigenvalue weighted by atomic mass is 10.2. The molecule has 0 radical (unpaired) electrons. The van der Waals surface area contributed by atoms with Crippen LogP contribution in [-0.2, 0) is 0 Å². The van der Waals surface area contributed by atoms with Crippen LogP contribution in [0, 0.1) is 17.5 Å². The number of nitrogens with two attached hydrogens (primary N) is 1. The second kappa shape index (κ2) is 4.77. The lowest BCUT2D eigenvalue weighted by molar-refractivity contribution is 0.446. The van der Waals surface area contributed by atoms with Crippen molar-refractivity contribution in [2.24, 2.45) is 5.73 Å². The molecule has 2 N–H and O–H groups in total. The second-order valence-electron chi connectivity index (χ2n) is 3.83. The molecule has 1 heterocycles. The van der Waals surface area contributed by atoms with Crippen molar-refractivity contribution in [3.8, 4) is 5.69 Å². The molecule has 0 bridgehead atoms. The molecule has 4 nitrogen and oxygen atoms in total. The first kappa shape index (κ1) is 12.6. The Hall–Kier alpha value is -1.89. The Balaban J connectivity index is 2.40. The lowest BCUT2D eigenvalue weighted by Gasteiger charge is -2.03. The average Bonchev–Trinajstić information content (AvgIpc) is 2.84. The van der Waals surface area contributed by atoms with Crippen molar-refractivity contribution in [2.75, 3.05) is 0 Å². The van der Waals surface area contributed by atoms with Crippen molar-refractivity contribution in [3.05, 3.63) is 41.5 Å². The summed E-state index contributed by atoms with van der Waals surface area (Å²) in [7, 11) is 0. The fraction of sp³-hybridized carbons (Fsp3) is 0.273. The van der Waals surface area contributed by atoms with Gasteiger partial charge in [-0.1, -0.05) is 12.1 Å². The number of benzene rings is 1. The van der Waals surface area contributed by atoms with Crippen molar-refractivity contribution in [1.82, 2.24) is 15.0 Å². The van der Waals surface area contributed by atoms with Crippen LogP contribution >= 0.6 is 0 Å². The van der Waals surface area contributed by atoms with E-state index in [-0.39, 0.29) is 11.7 Å². The Bertz CT molecular complexity index is 544. The molecule has 1 atom stereocenters. The van der Waals surface area contributed by atoms with Gasteiger partial charge in [0.1, 0.15) is 0 Å². The van der Waals surface area contributed by atoms with Crippen molar-refractivity contribution >= 4 is 0 Å². The molecule has 1 aromatic carbocycles. The van der Waals surface area contributed by atoms with Gasteiger partial charge < -0.3 is 5.73 Å². The smallest absolute Gasteiger partial charge is 0.194 e. The van der Waals surface area contributed by atoms with Gasteiger partial charge in [-0.25, -0.2) is 17.9 Å². The summed E-state index contributed by atoms with van der Waals surface area (Å²) < 4.78 is 40.1. The summed E-state index contributed by atoms with van der Waals surface area (Å²) in [4.78, 5) is 0. The molecule has 0 aliphatic rings. The summed E-state index contributed by atoms with van der Waals surface area (Å²) in [5.41, 5.74) is 6.30. The summed E-state index contributed by atoms with van der Waals surface area (Å²) in [5.74, 6) is -4.06. The third-order valence-electron chi connectivity index (χ3n) is 2.56. The maximum atomic E-state index is 13.1. The summed E-state index contributed by atoms with van der Waals surface area (Å²) in [6.45, 7) is 1.88. The predicted molar refractivity (Wildman–Crippen MR) is 58.5 cm³/mol. The molecule has 1 unspecified atom stereocenters. The largest absolute Gasteiger partial charge is 0.323 e. The van der Waals surface area contributed by atoms with Gasteiger partial charge >= 0.3 is 0 Å². The fourth-order valence-corrected chi connectivity index (χ4v) is 1.46. The van der Waals surface area contributed by atoms with E-state index in [1.807, 2.05) is 6.92 Å². The van der Waals surface area contributed by atoms with Gasteiger partial charge in [-0.2, -0.15) is 0 Å². The minimum atomic E-state index is -1.51. The van der Waals surface area contributed by atoms with Crippen LogP contribution in [0.15, 0.2) is 18.3 Å². The third kappa shape index (κ3) is 2.21. The first-order valence-electron chi connectivity index (χ1n) is 5.35. The maximum absolute atomic E-state index is 13.1. The molecule has 2 aromatic rings. The highest BCUT2D eigenvalue weighted by atomic mass is 19.2. The topological polar surface area (TPSA) is 56.7 Å². The van der Waals surface area contributed by atoms with Gasteiger partial charge in [-0.15, -0.1) is 5.10 Å². The van der Waals surface area contributed by atoms with Gasteiger partial charge in [0.15, 0.2) is 17.5 Å². The minimum absolute atomic E-state index is 0.0495. The Labute approximate surface area is 101 Å². The Morgan fingerprint density at radius 3 is 2.44 bits per heavy atom. The van der Waals surface area contributed by atoms with Crippen LogP contribution in [-0.4, -0.2) is 15.0 Å². The molecular weight excluding hydrogens is 245 g/mol. The van der Waals surface area contributed by atoms with E-state index in [0.717, 1.165) is 16.8 Å². The molecule has 0 amide bonds. The molecule has 1 aromatic heterocycles. The van der Waals surface area contributed by atoms with Gasteiger partial charge in [-0.05, 0) is 6.42 Å². The number of hydrogen-bond donors (Lipinski definition) is 1. The predicted octanol–water partition coefficient (Wildman–Crippen LogP) is 2.09. The monoisotopic (exact) mass is 256 g/mol. The molecule has 0 saturated heterocycles. The zero-order chi connectivity index (χ0) is 13.3. The van der Waals surface area contributed by atoms with Gasteiger partial charge in [0.05, 0.1) is 23.6 Å². The minimum Gasteiger partial charge on any atom is -0.323 e. The van der Waals surface area contributed by atoms with Crippen LogP contribution in [0.4, 0.5) is 13.2 Å². The molecule has 7 heteroatoms. The average molecular weight is 256 g/mol. The first-order chi connectivity index (χ1) is 8.52. The van der Waals surface area contributed by atoms with Crippen LogP contribution < -0.4 is 5.73 Å². The summed E-state index contributed by atoms with van der Waals surface area (Å²) in [6.07, 6.45) is 2.12. The number of hydrogen-bond acceptors (Lipinski definition) is 3. The van der Waals surface area contributed by atoms with Gasteiger partial charge in [0.2, 0.25) is 0 Å². The molecule has 0 aliphatic heterocycles. The van der Waals surface area contributed by atoms with Crippen molar-refractivity contribution in [3.63, 3.8) is 0 Å². The highest BCUT2D eigenvalue weighted by molar-refractivity contribution is 5.32. The Morgan fingerprint density at radius 1 is 1.28 bits per heavy atom. The molecule has 0 fully saturated rings. The first-order valence-corrected chi connectivity index (χ1v) is 5.35. The lowest BCUT2D eigenvalue weighted by Crippen LogP contribution is -2.08. The van der Waals surface area contributed by atoms with E-state index in [2.05, 4.69) is 10.3 Å². The number of halogens is 3. The van der Waals surface area contributed by atoms with E-state index >= 15 is 0 Å². The number of nitrogens with zero attached hydrogens (tertiary/aromatic N) is 3. The third-order valence-corrected chi connectivity index (χ3v) is 2.56. The van der Waals surface area contributed by atoms with Crippen LogP contribution in [0.3, 0.4) is 0 Å². The number of rotatable bonds is 3. The maximum Gasteiger partial charge on any atom is 0.194 e. The van der Waals surface area contributed by atoms with Crippen LogP contribution in [0.25, 0.3) is 5.69 Å². The van der Waals surface area contributed by atoms with E-state index in [1.165, 1.54) is 6.20 Å².